The smallest absolute Gasteiger partial charge is 0.258 e. The minimum absolute atomic E-state index is 0.0633. The lowest BCUT2D eigenvalue weighted by Gasteiger charge is -2.28. The van der Waals surface area contributed by atoms with Crippen LogP contribution in [0.1, 0.15) is 61.9 Å². The molecule has 28 heavy (non-hydrogen) atoms. The summed E-state index contributed by atoms with van der Waals surface area (Å²) in [7, 11) is 0. The molecule has 1 aromatic carbocycles. The van der Waals surface area contributed by atoms with Crippen molar-refractivity contribution in [3.05, 3.63) is 74.5 Å². The summed E-state index contributed by atoms with van der Waals surface area (Å²) in [4.78, 5) is 13.4. The normalized spacial score (nSPS) is 16.1. The number of hydrogen-bond donors (Lipinski definition) is 1. The van der Waals surface area contributed by atoms with Gasteiger partial charge in [0.2, 0.25) is 5.88 Å². The molecule has 0 radical (unpaired) electrons. The summed E-state index contributed by atoms with van der Waals surface area (Å²) in [5, 5.41) is 9.75. The number of rotatable bonds is 4. The first-order chi connectivity index (χ1) is 13.2. The van der Waals surface area contributed by atoms with Crippen molar-refractivity contribution in [2.45, 2.75) is 53.0 Å². The van der Waals surface area contributed by atoms with E-state index in [2.05, 4.69) is 33.8 Å². The molecule has 5 nitrogen and oxygen atoms in total. The van der Waals surface area contributed by atoms with Gasteiger partial charge in [-0.3, -0.25) is 4.79 Å². The summed E-state index contributed by atoms with van der Waals surface area (Å²) in [5.41, 5.74) is 9.58. The quantitative estimate of drug-likeness (QED) is 0.868. The Kier molecular flexibility index (Phi) is 5.33. The van der Waals surface area contributed by atoms with E-state index in [-0.39, 0.29) is 17.0 Å². The number of pyridine rings is 1. The second-order valence-corrected chi connectivity index (χ2v) is 8.12. The van der Waals surface area contributed by atoms with Crippen molar-refractivity contribution in [1.29, 1.82) is 5.26 Å². The Morgan fingerprint density at radius 2 is 1.86 bits per heavy atom. The van der Waals surface area contributed by atoms with Gasteiger partial charge in [0, 0.05) is 18.3 Å². The minimum Gasteiger partial charge on any atom is -0.440 e. The number of benzene rings is 1. The molecule has 0 saturated carbocycles. The van der Waals surface area contributed by atoms with Gasteiger partial charge in [-0.2, -0.15) is 5.26 Å². The first kappa shape index (κ1) is 19.8. The number of fused-ring (bicyclic) bond motifs is 1. The van der Waals surface area contributed by atoms with E-state index < -0.39 is 5.92 Å². The zero-order valence-electron chi connectivity index (χ0n) is 17.1. The van der Waals surface area contributed by atoms with Crippen LogP contribution in [-0.2, 0) is 6.54 Å². The Balaban J connectivity index is 2.24. The molecule has 2 heterocycles. The third-order valence-corrected chi connectivity index (χ3v) is 5.17. The van der Waals surface area contributed by atoms with Crippen LogP contribution >= 0.6 is 0 Å². The number of aromatic nitrogens is 1. The fourth-order valence-corrected chi connectivity index (χ4v) is 3.68. The lowest BCUT2D eigenvalue weighted by Crippen LogP contribution is -2.33. The van der Waals surface area contributed by atoms with Crippen molar-refractivity contribution >= 4 is 0 Å². The standard InChI is InChI=1S/C23H27N3O2/c1-13(2)12-26-15(5)10-19-21(23(26)27)20(18(11-24)22(25)28-19)17-8-6-16(7-9-17)14(3)4/h6-10,13-14,20H,12,25H2,1-5H3/t20-/m0/s1. The first-order valence-electron chi connectivity index (χ1n) is 9.66. The van der Waals surface area contributed by atoms with Crippen LogP contribution in [0.25, 0.3) is 0 Å². The Bertz CT molecular complexity index is 1020. The third kappa shape index (κ3) is 3.43. The highest BCUT2D eigenvalue weighted by molar-refractivity contribution is 5.55. The molecule has 0 fully saturated rings. The zero-order valence-corrected chi connectivity index (χ0v) is 17.1. The van der Waals surface area contributed by atoms with Crippen LogP contribution in [0.15, 0.2) is 46.6 Å². The number of hydrogen-bond acceptors (Lipinski definition) is 4. The van der Waals surface area contributed by atoms with Crippen molar-refractivity contribution in [3.63, 3.8) is 0 Å². The number of nitrogens with zero attached hydrogens (tertiary/aromatic N) is 2. The summed E-state index contributed by atoms with van der Waals surface area (Å²) in [5.74, 6) is 0.698. The number of allylic oxidation sites excluding steroid dienone is 1. The molecule has 0 spiro atoms. The van der Waals surface area contributed by atoms with Gasteiger partial charge in [0.25, 0.3) is 5.56 Å². The lowest BCUT2D eigenvalue weighted by molar-refractivity contribution is 0.386. The maximum Gasteiger partial charge on any atom is 0.258 e. The van der Waals surface area contributed by atoms with E-state index in [1.807, 2.05) is 37.3 Å². The summed E-state index contributed by atoms with van der Waals surface area (Å²) >= 11 is 0. The van der Waals surface area contributed by atoms with Crippen LogP contribution in [0.3, 0.4) is 0 Å². The maximum absolute atomic E-state index is 13.4. The topological polar surface area (TPSA) is 81.0 Å². The summed E-state index contributed by atoms with van der Waals surface area (Å²) in [6.45, 7) is 10.9. The van der Waals surface area contributed by atoms with Gasteiger partial charge < -0.3 is 15.0 Å². The summed E-state index contributed by atoms with van der Waals surface area (Å²) in [6, 6.07) is 12.0. The highest BCUT2D eigenvalue weighted by Crippen LogP contribution is 2.40. The monoisotopic (exact) mass is 377 g/mol. The molecule has 2 N–H and O–H groups in total. The fourth-order valence-electron chi connectivity index (χ4n) is 3.68. The second kappa shape index (κ2) is 7.55. The number of ether oxygens (including phenoxy) is 1. The number of nitrogens with two attached hydrogens (primary N) is 1. The molecule has 0 aliphatic carbocycles. The van der Waals surface area contributed by atoms with E-state index in [9.17, 15) is 10.1 Å². The van der Waals surface area contributed by atoms with Gasteiger partial charge >= 0.3 is 0 Å². The molecule has 0 saturated heterocycles. The van der Waals surface area contributed by atoms with Crippen molar-refractivity contribution in [3.8, 4) is 11.8 Å². The molecule has 3 rings (SSSR count). The van der Waals surface area contributed by atoms with Crippen molar-refractivity contribution in [2.75, 3.05) is 0 Å². The molecule has 1 aromatic heterocycles. The third-order valence-electron chi connectivity index (χ3n) is 5.17. The molecule has 0 bridgehead atoms. The molecule has 5 heteroatoms. The van der Waals surface area contributed by atoms with Gasteiger partial charge in [-0.15, -0.1) is 0 Å². The highest BCUT2D eigenvalue weighted by atomic mass is 16.5. The van der Waals surface area contributed by atoms with Crippen LogP contribution in [0.2, 0.25) is 0 Å². The first-order valence-corrected chi connectivity index (χ1v) is 9.66. The predicted octanol–water partition coefficient (Wildman–Crippen LogP) is 4.15. The molecule has 1 aliphatic heterocycles. The summed E-state index contributed by atoms with van der Waals surface area (Å²) in [6.07, 6.45) is 0. The van der Waals surface area contributed by atoms with Crippen LogP contribution in [0.4, 0.5) is 0 Å². The Morgan fingerprint density at radius 3 is 2.39 bits per heavy atom. The molecule has 1 aliphatic rings. The second-order valence-electron chi connectivity index (χ2n) is 8.12. The fraction of sp³-hybridized carbons (Fsp3) is 0.391. The highest BCUT2D eigenvalue weighted by Gasteiger charge is 2.34. The van der Waals surface area contributed by atoms with Crippen LogP contribution in [-0.4, -0.2) is 4.57 Å². The van der Waals surface area contributed by atoms with Crippen molar-refractivity contribution < 1.29 is 4.74 Å². The average molecular weight is 377 g/mol. The molecular formula is C23H27N3O2. The maximum atomic E-state index is 13.4. The largest absolute Gasteiger partial charge is 0.440 e. The average Bonchev–Trinajstić information content (AvgIpc) is 2.64. The number of aryl methyl sites for hydroxylation is 1. The van der Waals surface area contributed by atoms with E-state index in [1.165, 1.54) is 5.56 Å². The van der Waals surface area contributed by atoms with E-state index in [1.54, 1.807) is 4.57 Å². The van der Waals surface area contributed by atoms with Gasteiger partial charge in [-0.05, 0) is 29.9 Å². The molecule has 2 aromatic rings. The molecule has 1 atom stereocenters. The van der Waals surface area contributed by atoms with Gasteiger partial charge in [0.1, 0.15) is 17.4 Å². The van der Waals surface area contributed by atoms with Crippen LogP contribution in [0, 0.1) is 24.2 Å². The lowest BCUT2D eigenvalue weighted by atomic mass is 9.83. The molecule has 146 valence electrons. The van der Waals surface area contributed by atoms with E-state index in [0.717, 1.165) is 11.3 Å². The number of nitriles is 1. The van der Waals surface area contributed by atoms with Gasteiger partial charge in [-0.25, -0.2) is 0 Å². The van der Waals surface area contributed by atoms with Crippen molar-refractivity contribution in [2.24, 2.45) is 11.7 Å². The molecule has 0 unspecified atom stereocenters. The Morgan fingerprint density at radius 1 is 1.21 bits per heavy atom. The Hall–Kier alpha value is -3.00. The van der Waals surface area contributed by atoms with Crippen LogP contribution < -0.4 is 16.0 Å². The molecule has 0 amide bonds. The van der Waals surface area contributed by atoms with Crippen molar-refractivity contribution in [1.82, 2.24) is 4.57 Å². The molecular weight excluding hydrogens is 350 g/mol. The minimum atomic E-state index is -0.526. The van der Waals surface area contributed by atoms with Gasteiger partial charge in [0.15, 0.2) is 0 Å². The van der Waals surface area contributed by atoms with E-state index >= 15 is 0 Å². The predicted molar refractivity (Wildman–Crippen MR) is 110 cm³/mol. The van der Waals surface area contributed by atoms with E-state index in [0.29, 0.717) is 29.7 Å². The van der Waals surface area contributed by atoms with Gasteiger partial charge in [-0.1, -0.05) is 52.0 Å². The van der Waals surface area contributed by atoms with Gasteiger partial charge in [0.05, 0.1) is 11.5 Å². The van der Waals surface area contributed by atoms with Crippen LogP contribution in [0.5, 0.6) is 5.75 Å². The zero-order chi connectivity index (χ0) is 20.6. The SMILES string of the molecule is Cc1cc2c(c(=O)n1CC(C)C)[C@@H](c1ccc(C(C)C)cc1)C(C#N)=C(N)O2. The van der Waals surface area contributed by atoms with E-state index in [4.69, 9.17) is 10.5 Å². The Labute approximate surface area is 166 Å². The summed E-state index contributed by atoms with van der Waals surface area (Å²) < 4.78 is 7.45.